The molecule has 0 saturated carbocycles. The molecule has 2 aliphatic rings. The van der Waals surface area contributed by atoms with Crippen molar-refractivity contribution in [3.63, 3.8) is 0 Å². The summed E-state index contributed by atoms with van der Waals surface area (Å²) >= 11 is 0. The summed E-state index contributed by atoms with van der Waals surface area (Å²) < 4.78 is 39.7. The molecule has 206 valence electrons. The minimum absolute atomic E-state index is 0.0135. The van der Waals surface area contributed by atoms with Crippen LogP contribution in [0, 0.1) is 0 Å². The van der Waals surface area contributed by atoms with E-state index in [2.05, 4.69) is 24.5 Å². The third kappa shape index (κ3) is 5.10. The van der Waals surface area contributed by atoms with Gasteiger partial charge in [-0.3, -0.25) is 14.7 Å². The lowest BCUT2D eigenvalue weighted by molar-refractivity contribution is -0.0660. The number of pyridine rings is 2. The maximum Gasteiger partial charge on any atom is 0.283 e. The second kappa shape index (κ2) is 10.8. The number of hydrogen-bond donors (Lipinski definition) is 1. The average molecular weight is 560 g/mol. The van der Waals surface area contributed by atoms with Gasteiger partial charge in [0.05, 0.1) is 37.6 Å². The molecule has 11 heteroatoms. The van der Waals surface area contributed by atoms with Crippen LogP contribution < -0.4 is 14.4 Å². The molecule has 0 spiro atoms. The lowest BCUT2D eigenvalue weighted by atomic mass is 10.0. The van der Waals surface area contributed by atoms with Crippen molar-refractivity contribution in [1.29, 1.82) is 0 Å². The van der Waals surface area contributed by atoms with Gasteiger partial charge in [-0.25, -0.2) is 18.1 Å². The van der Waals surface area contributed by atoms with Crippen molar-refractivity contribution in [2.24, 2.45) is 0 Å². The topological polar surface area (TPSA) is 114 Å². The first-order chi connectivity index (χ1) is 19.4. The Bertz CT molecular complexity index is 1650. The number of carbonyl (C=O) groups excluding carboxylic acids is 1. The van der Waals surface area contributed by atoms with Gasteiger partial charge in [-0.1, -0.05) is 18.2 Å². The molecule has 2 aromatic heterocycles. The number of carbonyl (C=O) groups is 1. The van der Waals surface area contributed by atoms with Crippen molar-refractivity contribution in [3.05, 3.63) is 78.6 Å². The lowest BCUT2D eigenvalue weighted by Crippen LogP contribution is -2.56. The van der Waals surface area contributed by atoms with E-state index in [9.17, 15) is 13.2 Å². The Kier molecular flexibility index (Phi) is 7.09. The van der Waals surface area contributed by atoms with E-state index in [0.717, 1.165) is 61.7 Å². The van der Waals surface area contributed by atoms with Crippen molar-refractivity contribution >= 4 is 32.5 Å². The molecule has 10 nitrogen and oxygen atoms in total. The van der Waals surface area contributed by atoms with Crippen molar-refractivity contribution < 1.29 is 22.7 Å². The summed E-state index contributed by atoms with van der Waals surface area (Å²) in [5, 5.41) is 0.805. The van der Waals surface area contributed by atoms with Gasteiger partial charge >= 0.3 is 0 Å². The highest BCUT2D eigenvalue weighted by Gasteiger charge is 2.30. The Morgan fingerprint density at radius 3 is 2.52 bits per heavy atom. The third-order valence-corrected chi connectivity index (χ3v) is 8.74. The number of piperazine rings is 1. The van der Waals surface area contributed by atoms with Crippen LogP contribution in [-0.4, -0.2) is 81.7 Å². The summed E-state index contributed by atoms with van der Waals surface area (Å²) in [5.41, 5.74) is 2.94. The predicted octanol–water partition coefficient (Wildman–Crippen LogP) is 2.94. The van der Waals surface area contributed by atoms with Gasteiger partial charge in [0.1, 0.15) is 16.3 Å². The predicted molar refractivity (Wildman–Crippen MR) is 151 cm³/mol. The summed E-state index contributed by atoms with van der Waals surface area (Å²) in [6, 6.07) is 19.9. The average Bonchev–Trinajstić information content (AvgIpc) is 2.96. The van der Waals surface area contributed by atoms with E-state index in [1.54, 1.807) is 30.5 Å². The number of benzene rings is 2. The number of ether oxygens (including phenoxy) is 2. The Hall–Kier alpha value is -4.06. The summed E-state index contributed by atoms with van der Waals surface area (Å²) in [6.45, 7) is 4.79. The Morgan fingerprint density at radius 1 is 1.00 bits per heavy atom. The van der Waals surface area contributed by atoms with Crippen LogP contribution >= 0.6 is 0 Å². The smallest absolute Gasteiger partial charge is 0.283 e. The molecule has 1 amide bonds. The van der Waals surface area contributed by atoms with Crippen LogP contribution in [0.25, 0.3) is 22.2 Å². The number of rotatable bonds is 7. The van der Waals surface area contributed by atoms with E-state index >= 15 is 0 Å². The maximum atomic E-state index is 13.4. The van der Waals surface area contributed by atoms with Crippen LogP contribution in [-0.2, 0) is 14.8 Å². The van der Waals surface area contributed by atoms with Crippen molar-refractivity contribution in [3.8, 4) is 17.0 Å². The highest BCUT2D eigenvalue weighted by Crippen LogP contribution is 2.30. The minimum atomic E-state index is -4.26. The summed E-state index contributed by atoms with van der Waals surface area (Å²) in [7, 11) is -2.86. The van der Waals surface area contributed by atoms with Crippen LogP contribution in [0.5, 0.6) is 5.75 Å². The van der Waals surface area contributed by atoms with Gasteiger partial charge in [0.15, 0.2) is 0 Å². The molecule has 0 atom stereocenters. The van der Waals surface area contributed by atoms with E-state index in [0.29, 0.717) is 11.6 Å². The van der Waals surface area contributed by atoms with Crippen molar-refractivity contribution in [2.75, 3.05) is 51.4 Å². The summed E-state index contributed by atoms with van der Waals surface area (Å²) in [6.07, 6.45) is 1.71. The first-order valence-corrected chi connectivity index (χ1v) is 14.5. The SMILES string of the molecule is COc1ccc(N2CCN(C3COC3)CC2)cc1S(=O)(=O)NC(=O)c1ccc2c(-c3ccccn3)cccc2n1. The monoisotopic (exact) mass is 559 g/mol. The van der Waals surface area contributed by atoms with Crippen molar-refractivity contribution in [2.45, 2.75) is 10.9 Å². The number of aromatic nitrogens is 2. The Labute approximate surface area is 232 Å². The fraction of sp³-hybridized carbons (Fsp3) is 0.276. The molecule has 40 heavy (non-hydrogen) atoms. The Morgan fingerprint density at radius 2 is 1.82 bits per heavy atom. The fourth-order valence-corrected chi connectivity index (χ4v) is 6.26. The number of sulfonamides is 1. The molecular formula is C29H29N5O5S. The van der Waals surface area contributed by atoms with E-state index in [1.807, 2.05) is 36.4 Å². The molecule has 2 aromatic carbocycles. The quantitative estimate of drug-likeness (QED) is 0.365. The van der Waals surface area contributed by atoms with E-state index < -0.39 is 15.9 Å². The van der Waals surface area contributed by atoms with Crippen LogP contribution in [0.3, 0.4) is 0 Å². The molecule has 6 rings (SSSR count). The lowest BCUT2D eigenvalue weighted by Gasteiger charge is -2.43. The number of hydrogen-bond acceptors (Lipinski definition) is 9. The molecule has 0 radical (unpaired) electrons. The molecule has 4 heterocycles. The molecule has 2 saturated heterocycles. The van der Waals surface area contributed by atoms with E-state index in [-0.39, 0.29) is 16.3 Å². The highest BCUT2D eigenvalue weighted by molar-refractivity contribution is 7.90. The third-order valence-electron chi connectivity index (χ3n) is 7.39. The maximum absolute atomic E-state index is 13.4. The van der Waals surface area contributed by atoms with Crippen LogP contribution in [0.15, 0.2) is 77.8 Å². The van der Waals surface area contributed by atoms with Gasteiger partial charge in [0.25, 0.3) is 15.9 Å². The second-order valence-corrected chi connectivity index (χ2v) is 11.4. The van der Waals surface area contributed by atoms with E-state index in [1.165, 1.54) is 13.2 Å². The highest BCUT2D eigenvalue weighted by atomic mass is 32.2. The number of amides is 1. The summed E-state index contributed by atoms with van der Waals surface area (Å²) in [4.78, 5) is 26.4. The molecule has 0 aliphatic carbocycles. The van der Waals surface area contributed by atoms with Gasteiger partial charge < -0.3 is 14.4 Å². The number of fused-ring (bicyclic) bond motifs is 1. The fourth-order valence-electron chi connectivity index (χ4n) is 5.11. The van der Waals surface area contributed by atoms with Crippen LogP contribution in [0.1, 0.15) is 10.5 Å². The number of anilines is 1. The van der Waals surface area contributed by atoms with E-state index in [4.69, 9.17) is 9.47 Å². The molecule has 2 fully saturated rings. The first kappa shape index (κ1) is 26.2. The molecule has 4 aromatic rings. The molecular weight excluding hydrogens is 530 g/mol. The number of nitrogens with one attached hydrogen (secondary N) is 1. The summed E-state index contributed by atoms with van der Waals surface area (Å²) in [5.74, 6) is -0.672. The van der Waals surface area contributed by atoms with Gasteiger partial charge in [-0.2, -0.15) is 0 Å². The van der Waals surface area contributed by atoms with Gasteiger partial charge in [0.2, 0.25) is 0 Å². The molecule has 0 unspecified atom stereocenters. The largest absolute Gasteiger partial charge is 0.495 e. The normalized spacial score (nSPS) is 16.5. The number of nitrogens with zero attached hydrogens (tertiary/aromatic N) is 4. The first-order valence-electron chi connectivity index (χ1n) is 13.1. The van der Waals surface area contributed by atoms with Crippen molar-refractivity contribution in [1.82, 2.24) is 19.6 Å². The zero-order chi connectivity index (χ0) is 27.7. The van der Waals surface area contributed by atoms with Crippen LogP contribution in [0.4, 0.5) is 5.69 Å². The van der Waals surface area contributed by atoms with Gasteiger partial charge in [-0.05, 0) is 48.5 Å². The van der Waals surface area contributed by atoms with Crippen LogP contribution in [0.2, 0.25) is 0 Å². The zero-order valence-corrected chi connectivity index (χ0v) is 22.8. The molecule has 1 N–H and O–H groups in total. The zero-order valence-electron chi connectivity index (χ0n) is 22.0. The standard InChI is InChI=1S/C29H29N5O5S/c1-38-27-11-8-20(33-13-15-34(16-14-33)21-18-39-19-21)17-28(27)40(36,37)32-29(35)26-10-9-23-22(5-4-7-25(23)31-26)24-6-2-3-12-30-24/h2-12,17,21H,13-16,18-19H2,1H3,(H,32,35). The van der Waals surface area contributed by atoms with Gasteiger partial charge in [-0.15, -0.1) is 0 Å². The van der Waals surface area contributed by atoms with Gasteiger partial charge in [0, 0.05) is 49.0 Å². The molecule has 2 aliphatic heterocycles. The second-order valence-electron chi connectivity index (χ2n) is 9.77. The number of methoxy groups -OCH3 is 1. The Balaban J connectivity index is 1.23. The minimum Gasteiger partial charge on any atom is -0.495 e. The molecule has 0 bridgehead atoms.